The van der Waals surface area contributed by atoms with Crippen molar-refractivity contribution in [3.05, 3.63) is 29.8 Å². The van der Waals surface area contributed by atoms with Crippen molar-refractivity contribution in [2.24, 2.45) is 5.92 Å². The molecule has 0 bridgehead atoms. The number of carbonyl (C=O) groups excluding carboxylic acids is 2. The van der Waals surface area contributed by atoms with Crippen LogP contribution in [0, 0.1) is 5.92 Å². The van der Waals surface area contributed by atoms with Crippen LogP contribution in [0.25, 0.3) is 0 Å². The van der Waals surface area contributed by atoms with Gasteiger partial charge in [-0.1, -0.05) is 12.1 Å². The van der Waals surface area contributed by atoms with Crippen LogP contribution in [0.4, 0.5) is 5.69 Å². The normalized spacial score (nSPS) is 20.2. The molecule has 2 aliphatic heterocycles. The van der Waals surface area contributed by atoms with Crippen LogP contribution in [0.1, 0.15) is 31.4 Å². The highest BCUT2D eigenvalue weighted by Gasteiger charge is 2.26. The number of carbonyl (C=O) groups is 2. The quantitative estimate of drug-likeness (QED) is 0.875. The lowest BCUT2D eigenvalue weighted by molar-refractivity contribution is -0.127. The smallest absolute Gasteiger partial charge is 0.227 e. The number of nitrogens with one attached hydrogen (secondary N) is 2. The average molecular weight is 287 g/mol. The second-order valence-electron chi connectivity index (χ2n) is 5.83. The monoisotopic (exact) mass is 287 g/mol. The summed E-state index contributed by atoms with van der Waals surface area (Å²) in [5, 5.41) is 6.15. The highest BCUT2D eigenvalue weighted by atomic mass is 16.2. The van der Waals surface area contributed by atoms with E-state index in [2.05, 4.69) is 10.6 Å². The maximum Gasteiger partial charge on any atom is 0.227 e. The van der Waals surface area contributed by atoms with Gasteiger partial charge >= 0.3 is 0 Å². The van der Waals surface area contributed by atoms with Crippen LogP contribution in [-0.2, 0) is 9.59 Å². The molecule has 1 atom stereocenters. The molecule has 0 radical (unpaired) electrons. The second-order valence-corrected chi connectivity index (χ2v) is 5.83. The van der Waals surface area contributed by atoms with Crippen molar-refractivity contribution in [2.45, 2.75) is 25.8 Å². The average Bonchev–Trinajstić information content (AvgIpc) is 2.83. The van der Waals surface area contributed by atoms with Crippen molar-refractivity contribution in [1.82, 2.24) is 10.6 Å². The molecule has 3 rings (SSSR count). The van der Waals surface area contributed by atoms with Gasteiger partial charge in [0.15, 0.2) is 0 Å². The molecule has 1 unspecified atom stereocenters. The van der Waals surface area contributed by atoms with Crippen LogP contribution in [0.5, 0.6) is 0 Å². The molecular weight excluding hydrogens is 266 g/mol. The number of amides is 2. The Balaban J connectivity index is 1.69. The molecule has 21 heavy (non-hydrogen) atoms. The lowest BCUT2D eigenvalue weighted by Gasteiger charge is -2.28. The molecule has 0 aliphatic carbocycles. The van der Waals surface area contributed by atoms with Gasteiger partial charge in [-0.2, -0.15) is 0 Å². The molecule has 112 valence electrons. The Morgan fingerprint density at radius 1 is 1.43 bits per heavy atom. The van der Waals surface area contributed by atoms with E-state index in [0.717, 1.165) is 37.3 Å². The number of benzene rings is 1. The Morgan fingerprint density at radius 3 is 2.86 bits per heavy atom. The van der Waals surface area contributed by atoms with Gasteiger partial charge < -0.3 is 15.5 Å². The third-order valence-electron chi connectivity index (χ3n) is 4.27. The van der Waals surface area contributed by atoms with Gasteiger partial charge in [0.2, 0.25) is 11.8 Å². The van der Waals surface area contributed by atoms with E-state index in [9.17, 15) is 9.59 Å². The third kappa shape index (κ3) is 2.93. The van der Waals surface area contributed by atoms with Gasteiger partial charge in [0.25, 0.3) is 0 Å². The van der Waals surface area contributed by atoms with Crippen LogP contribution in [-0.4, -0.2) is 31.4 Å². The van der Waals surface area contributed by atoms with Gasteiger partial charge in [-0.15, -0.1) is 0 Å². The molecule has 1 aromatic carbocycles. The molecule has 0 aromatic heterocycles. The first-order valence-electron chi connectivity index (χ1n) is 7.56. The van der Waals surface area contributed by atoms with Crippen LogP contribution < -0.4 is 15.5 Å². The Morgan fingerprint density at radius 2 is 2.24 bits per heavy atom. The molecule has 2 aliphatic rings. The Hall–Kier alpha value is -1.88. The minimum atomic E-state index is -0.0456. The Kier molecular flexibility index (Phi) is 3.92. The fourth-order valence-electron chi connectivity index (χ4n) is 2.77. The van der Waals surface area contributed by atoms with Gasteiger partial charge in [0.05, 0.1) is 12.0 Å². The summed E-state index contributed by atoms with van der Waals surface area (Å²) < 4.78 is 0. The highest BCUT2D eigenvalue weighted by molar-refractivity contribution is 5.95. The highest BCUT2D eigenvalue weighted by Crippen LogP contribution is 2.25. The lowest BCUT2D eigenvalue weighted by atomic mass is 10.0. The molecular formula is C16H21N3O2. The van der Waals surface area contributed by atoms with Crippen molar-refractivity contribution >= 4 is 17.5 Å². The van der Waals surface area contributed by atoms with Gasteiger partial charge in [-0.3, -0.25) is 9.59 Å². The summed E-state index contributed by atoms with van der Waals surface area (Å²) in [5.41, 5.74) is 1.97. The molecule has 2 amide bonds. The van der Waals surface area contributed by atoms with Crippen molar-refractivity contribution in [3.8, 4) is 0 Å². The van der Waals surface area contributed by atoms with Gasteiger partial charge in [-0.05, 0) is 31.0 Å². The summed E-state index contributed by atoms with van der Waals surface area (Å²) in [6, 6.07) is 7.86. The fourth-order valence-corrected chi connectivity index (χ4v) is 2.77. The van der Waals surface area contributed by atoms with Gasteiger partial charge in [0, 0.05) is 31.7 Å². The van der Waals surface area contributed by atoms with E-state index in [1.807, 2.05) is 36.1 Å². The number of hydrogen-bond acceptors (Lipinski definition) is 3. The fraction of sp³-hybridized carbons (Fsp3) is 0.500. The summed E-state index contributed by atoms with van der Waals surface area (Å²) >= 11 is 0. The summed E-state index contributed by atoms with van der Waals surface area (Å²) in [5.74, 6) is 0.379. The van der Waals surface area contributed by atoms with E-state index in [1.54, 1.807) is 0 Å². The molecule has 2 N–H and O–H groups in total. The molecule has 2 heterocycles. The molecule has 2 fully saturated rings. The zero-order valence-electron chi connectivity index (χ0n) is 12.3. The topological polar surface area (TPSA) is 61.4 Å². The van der Waals surface area contributed by atoms with Crippen LogP contribution in [0.15, 0.2) is 24.3 Å². The summed E-state index contributed by atoms with van der Waals surface area (Å²) in [7, 11) is 0. The molecule has 1 aromatic rings. The van der Waals surface area contributed by atoms with Gasteiger partial charge in [0.1, 0.15) is 0 Å². The van der Waals surface area contributed by atoms with E-state index < -0.39 is 0 Å². The summed E-state index contributed by atoms with van der Waals surface area (Å²) in [4.78, 5) is 25.6. The number of hydrogen-bond donors (Lipinski definition) is 2. The van der Waals surface area contributed by atoms with E-state index in [-0.39, 0.29) is 23.8 Å². The SMILES string of the molecule is CC(NC(=O)C1CNC1)c1cccc(N2CCCC2=O)c1. The van der Waals surface area contributed by atoms with Crippen molar-refractivity contribution in [2.75, 3.05) is 24.5 Å². The predicted octanol–water partition coefficient (Wildman–Crippen LogP) is 1.21. The van der Waals surface area contributed by atoms with Crippen molar-refractivity contribution in [1.29, 1.82) is 0 Å². The summed E-state index contributed by atoms with van der Waals surface area (Å²) in [6.45, 7) is 4.30. The number of anilines is 1. The third-order valence-corrected chi connectivity index (χ3v) is 4.27. The zero-order chi connectivity index (χ0) is 14.8. The number of rotatable bonds is 4. The first kappa shape index (κ1) is 14.1. The minimum Gasteiger partial charge on any atom is -0.349 e. The van der Waals surface area contributed by atoms with Crippen LogP contribution in [0.3, 0.4) is 0 Å². The zero-order valence-corrected chi connectivity index (χ0v) is 12.3. The predicted molar refractivity (Wildman–Crippen MR) is 80.9 cm³/mol. The van der Waals surface area contributed by atoms with E-state index >= 15 is 0 Å². The molecule has 0 saturated carbocycles. The maximum atomic E-state index is 12.0. The Labute approximate surface area is 124 Å². The number of nitrogens with zero attached hydrogens (tertiary/aromatic N) is 1. The standard InChI is InChI=1S/C16H21N3O2/c1-11(18-16(21)13-9-17-10-13)12-4-2-5-14(8-12)19-7-3-6-15(19)20/h2,4-5,8,11,13,17H,3,6-7,9-10H2,1H3,(H,18,21). The van der Waals surface area contributed by atoms with Crippen LogP contribution in [0.2, 0.25) is 0 Å². The van der Waals surface area contributed by atoms with Crippen molar-refractivity contribution in [3.63, 3.8) is 0 Å². The lowest BCUT2D eigenvalue weighted by Crippen LogP contribution is -2.51. The van der Waals surface area contributed by atoms with E-state index in [1.165, 1.54) is 0 Å². The minimum absolute atomic E-state index is 0.0456. The maximum absolute atomic E-state index is 12.0. The van der Waals surface area contributed by atoms with E-state index in [0.29, 0.717) is 6.42 Å². The largest absolute Gasteiger partial charge is 0.349 e. The van der Waals surface area contributed by atoms with E-state index in [4.69, 9.17) is 0 Å². The Bertz CT molecular complexity index is 554. The molecule has 0 spiro atoms. The van der Waals surface area contributed by atoms with Crippen LogP contribution >= 0.6 is 0 Å². The molecule has 5 heteroatoms. The first-order valence-corrected chi connectivity index (χ1v) is 7.56. The molecule has 5 nitrogen and oxygen atoms in total. The molecule has 2 saturated heterocycles. The first-order chi connectivity index (χ1) is 10.1. The summed E-state index contributed by atoms with van der Waals surface area (Å²) in [6.07, 6.45) is 1.55. The van der Waals surface area contributed by atoms with Gasteiger partial charge in [-0.25, -0.2) is 0 Å². The van der Waals surface area contributed by atoms with Crippen molar-refractivity contribution < 1.29 is 9.59 Å². The second kappa shape index (κ2) is 5.85.